The molecule has 2 aliphatic rings. The van der Waals surface area contributed by atoms with Gasteiger partial charge in [-0.1, -0.05) is 6.07 Å². The van der Waals surface area contributed by atoms with E-state index in [2.05, 4.69) is 17.0 Å². The average molecular weight is 346 g/mol. The number of anilines is 1. The first-order valence-electron chi connectivity index (χ1n) is 8.50. The van der Waals surface area contributed by atoms with Crippen LogP contribution in [0, 0.1) is 0 Å². The summed E-state index contributed by atoms with van der Waals surface area (Å²) >= 11 is 0. The first-order valence-corrected chi connectivity index (χ1v) is 8.50. The summed E-state index contributed by atoms with van der Waals surface area (Å²) in [7, 11) is 3.70. The number of aromatic hydroxyl groups is 1. The molecule has 5 rings (SSSR count). The lowest BCUT2D eigenvalue weighted by Gasteiger charge is -2.37. The highest BCUT2D eigenvalue weighted by Gasteiger charge is 2.45. The van der Waals surface area contributed by atoms with Crippen LogP contribution < -0.4 is 14.4 Å². The van der Waals surface area contributed by atoms with Crippen LogP contribution in [0.15, 0.2) is 53.5 Å². The van der Waals surface area contributed by atoms with E-state index in [-0.39, 0.29) is 5.75 Å². The molecule has 3 aromatic carbocycles. The van der Waals surface area contributed by atoms with Crippen LogP contribution in [0.5, 0.6) is 17.2 Å². The number of hydrogen-bond donors (Lipinski definition) is 1. The first kappa shape index (κ1) is 15.1. The molecule has 0 bridgehead atoms. The molecule has 3 aromatic rings. The van der Waals surface area contributed by atoms with Crippen LogP contribution in [0.3, 0.4) is 0 Å². The Morgan fingerprint density at radius 1 is 1.15 bits per heavy atom. The third kappa shape index (κ3) is 2.00. The fraction of sp³-hybridized carbons (Fsp3) is 0.190. The molecule has 0 radical (unpaired) electrons. The van der Waals surface area contributed by atoms with Crippen LogP contribution in [0.1, 0.15) is 5.56 Å². The van der Waals surface area contributed by atoms with Gasteiger partial charge in [0, 0.05) is 24.5 Å². The standard InChI is InChI=1S/C21H18N2O3/c1-23-18-7-5-16(25-2)10-14(18)11-21(23)12-22-20-17-6-4-15(24)9-13(17)3-8-19(20)26-21/h3-10,12,24H,11H2,1-2H3. The minimum absolute atomic E-state index is 0.245. The molecule has 0 saturated heterocycles. The molecule has 0 aliphatic carbocycles. The maximum atomic E-state index is 9.69. The average Bonchev–Trinajstić information content (AvgIpc) is 2.92. The van der Waals surface area contributed by atoms with E-state index in [0.717, 1.165) is 33.6 Å². The van der Waals surface area contributed by atoms with Crippen LogP contribution in [0.25, 0.3) is 10.8 Å². The fourth-order valence-electron chi connectivity index (χ4n) is 3.87. The van der Waals surface area contributed by atoms with Gasteiger partial charge in [-0.25, -0.2) is 0 Å². The van der Waals surface area contributed by atoms with E-state index in [1.165, 1.54) is 5.56 Å². The molecule has 5 nitrogen and oxygen atoms in total. The van der Waals surface area contributed by atoms with Crippen molar-refractivity contribution >= 4 is 28.4 Å². The summed E-state index contributed by atoms with van der Waals surface area (Å²) in [6, 6.07) is 15.2. The van der Waals surface area contributed by atoms with Crippen molar-refractivity contribution in [3.05, 3.63) is 54.1 Å². The molecule has 0 amide bonds. The van der Waals surface area contributed by atoms with Gasteiger partial charge in [-0.05, 0) is 53.4 Å². The van der Waals surface area contributed by atoms with Crippen molar-refractivity contribution in [2.45, 2.75) is 12.1 Å². The van der Waals surface area contributed by atoms with Crippen molar-refractivity contribution in [3.8, 4) is 17.2 Å². The zero-order chi connectivity index (χ0) is 17.9. The summed E-state index contributed by atoms with van der Waals surface area (Å²) in [6.45, 7) is 0. The Morgan fingerprint density at radius 2 is 2.04 bits per heavy atom. The maximum Gasteiger partial charge on any atom is 0.223 e. The smallest absolute Gasteiger partial charge is 0.223 e. The molecule has 1 N–H and O–H groups in total. The number of rotatable bonds is 1. The van der Waals surface area contributed by atoms with Gasteiger partial charge in [0.2, 0.25) is 5.72 Å². The van der Waals surface area contributed by atoms with E-state index < -0.39 is 5.72 Å². The molecule has 0 fully saturated rings. The number of methoxy groups -OCH3 is 1. The molecule has 2 heterocycles. The van der Waals surface area contributed by atoms with Gasteiger partial charge in [0.05, 0.1) is 13.3 Å². The topological polar surface area (TPSA) is 54.3 Å². The third-order valence-corrected chi connectivity index (χ3v) is 5.28. The molecule has 2 aliphatic heterocycles. The van der Waals surface area contributed by atoms with Gasteiger partial charge in [0.25, 0.3) is 0 Å². The van der Waals surface area contributed by atoms with Gasteiger partial charge in [0.15, 0.2) is 0 Å². The van der Waals surface area contributed by atoms with Crippen LogP contribution in [0.2, 0.25) is 0 Å². The van der Waals surface area contributed by atoms with Gasteiger partial charge in [0.1, 0.15) is 22.9 Å². The van der Waals surface area contributed by atoms with Crippen molar-refractivity contribution in [2.75, 3.05) is 19.1 Å². The summed E-state index contributed by atoms with van der Waals surface area (Å²) < 4.78 is 11.8. The van der Waals surface area contributed by atoms with Gasteiger partial charge >= 0.3 is 0 Å². The SMILES string of the molecule is COc1ccc2c(c1)CC1(C=Nc3c(ccc4cc(O)ccc34)O1)N2C. The highest BCUT2D eigenvalue weighted by atomic mass is 16.5. The van der Waals surface area contributed by atoms with Crippen LogP contribution in [0.4, 0.5) is 11.4 Å². The lowest BCUT2D eigenvalue weighted by molar-refractivity contribution is 0.154. The number of phenols is 1. The Bertz CT molecular complexity index is 1080. The van der Waals surface area contributed by atoms with Gasteiger partial charge in [-0.15, -0.1) is 0 Å². The third-order valence-electron chi connectivity index (χ3n) is 5.28. The number of phenolic OH excluding ortho intramolecular Hbond substituents is 1. The monoisotopic (exact) mass is 346 g/mol. The zero-order valence-corrected chi connectivity index (χ0v) is 14.6. The van der Waals surface area contributed by atoms with Crippen LogP contribution in [-0.4, -0.2) is 31.2 Å². The molecule has 130 valence electrons. The highest BCUT2D eigenvalue weighted by molar-refractivity contribution is 5.99. The number of likely N-dealkylation sites (N-methyl/N-ethyl adjacent to an activating group) is 1. The molecule has 1 spiro atoms. The molecule has 0 saturated carbocycles. The van der Waals surface area contributed by atoms with Crippen molar-refractivity contribution in [1.82, 2.24) is 0 Å². The van der Waals surface area contributed by atoms with E-state index in [9.17, 15) is 5.11 Å². The number of benzene rings is 3. The van der Waals surface area contributed by atoms with Crippen LogP contribution >= 0.6 is 0 Å². The second-order valence-corrected chi connectivity index (χ2v) is 6.75. The second-order valence-electron chi connectivity index (χ2n) is 6.75. The molecule has 1 unspecified atom stereocenters. The van der Waals surface area contributed by atoms with Gasteiger partial charge in [-0.3, -0.25) is 4.99 Å². The van der Waals surface area contributed by atoms with Crippen molar-refractivity contribution in [1.29, 1.82) is 0 Å². The van der Waals surface area contributed by atoms with Gasteiger partial charge in [-0.2, -0.15) is 0 Å². The highest BCUT2D eigenvalue weighted by Crippen LogP contribution is 2.46. The Labute approximate surface area is 151 Å². The summed E-state index contributed by atoms with van der Waals surface area (Å²) in [4.78, 5) is 6.88. The normalized spacial score (nSPS) is 20.2. The second kappa shape index (κ2) is 5.14. The molecular weight excluding hydrogens is 328 g/mol. The quantitative estimate of drug-likeness (QED) is 0.723. The number of fused-ring (bicyclic) bond motifs is 4. The predicted octanol–water partition coefficient (Wildman–Crippen LogP) is 4.04. The summed E-state index contributed by atoms with van der Waals surface area (Å²) in [5.74, 6) is 1.83. The Balaban J connectivity index is 1.59. The number of aliphatic imine (C=N–C) groups is 1. The van der Waals surface area contributed by atoms with Crippen LogP contribution in [-0.2, 0) is 6.42 Å². The van der Waals surface area contributed by atoms with E-state index in [4.69, 9.17) is 14.5 Å². The van der Waals surface area contributed by atoms with Crippen molar-refractivity contribution < 1.29 is 14.6 Å². The zero-order valence-electron chi connectivity index (χ0n) is 14.6. The maximum absolute atomic E-state index is 9.69. The first-order chi connectivity index (χ1) is 12.6. The summed E-state index contributed by atoms with van der Waals surface area (Å²) in [5, 5.41) is 11.6. The lowest BCUT2D eigenvalue weighted by atomic mass is 10.0. The molecule has 1 atom stereocenters. The number of ether oxygens (including phenoxy) is 2. The van der Waals surface area contributed by atoms with Gasteiger partial charge < -0.3 is 19.5 Å². The Kier molecular flexibility index (Phi) is 2.98. The summed E-state index contributed by atoms with van der Waals surface area (Å²) in [5.41, 5.74) is 2.46. The van der Waals surface area contributed by atoms with E-state index in [1.807, 2.05) is 37.5 Å². The van der Waals surface area contributed by atoms with Crippen molar-refractivity contribution in [2.24, 2.45) is 4.99 Å². The molecule has 5 heteroatoms. The fourth-order valence-corrected chi connectivity index (χ4v) is 3.87. The van der Waals surface area contributed by atoms with E-state index in [1.54, 1.807) is 19.2 Å². The number of hydrogen-bond acceptors (Lipinski definition) is 5. The minimum atomic E-state index is -0.633. The molecule has 26 heavy (non-hydrogen) atoms. The van der Waals surface area contributed by atoms with E-state index >= 15 is 0 Å². The Hall–Kier alpha value is -3.21. The van der Waals surface area contributed by atoms with E-state index in [0.29, 0.717) is 6.42 Å². The molecular formula is C21H18N2O3. The predicted molar refractivity (Wildman–Crippen MR) is 102 cm³/mol. The molecule has 0 aromatic heterocycles. The van der Waals surface area contributed by atoms with Crippen molar-refractivity contribution in [3.63, 3.8) is 0 Å². The minimum Gasteiger partial charge on any atom is -0.508 e. The largest absolute Gasteiger partial charge is 0.508 e. The Morgan fingerprint density at radius 3 is 2.88 bits per heavy atom. The summed E-state index contributed by atoms with van der Waals surface area (Å²) in [6.07, 6.45) is 2.58. The lowest BCUT2D eigenvalue weighted by Crippen LogP contribution is -2.52. The number of nitrogens with zero attached hydrogens (tertiary/aromatic N) is 2.